The summed E-state index contributed by atoms with van der Waals surface area (Å²) < 4.78 is 11.7. The highest BCUT2D eigenvalue weighted by molar-refractivity contribution is 7.09. The lowest BCUT2D eigenvalue weighted by Crippen LogP contribution is -2.59. The van der Waals surface area contributed by atoms with Crippen LogP contribution in [-0.2, 0) is 49.7 Å². The Hall–Kier alpha value is -6.47. The van der Waals surface area contributed by atoms with Crippen LogP contribution in [0, 0.1) is 0 Å². The standard InChI is InChI=1S/C46H48N4O8S/c1-46(2,3)58-35-21-15-30(16-22-35)25-38-43(53)50-40(45(55)56)26-31-13-19-34(20-14-31)57-28-41(51)47-39(27-36-10-7-23-59-36)44(54)49-37(42(52)48-38)24-29-11-17-33(18-12-29)32-8-5-4-6-9-32/h4-23,37-40H,24-28H2,1-3H3,(H,47,51)(H,48,52)(H,49,54)(H,50,53)(H,55,56)/t37-,38+,39+,40+/m1/s1. The number of fused-ring (bicyclic) bond motifs is 16. The number of hydrogen-bond acceptors (Lipinski definition) is 8. The maximum Gasteiger partial charge on any atom is 0.326 e. The molecule has 0 radical (unpaired) electrons. The van der Waals surface area contributed by atoms with Crippen LogP contribution in [0.4, 0.5) is 0 Å². The SMILES string of the molecule is CC(C)(C)Oc1ccc(C[C@@H]2NC(=O)[C@@H](Cc3ccc(-c4ccccc4)cc3)NC(=O)[C@H](Cc3cccs3)NC(=O)COc3ccc(cc3)C[C@@H](C(=O)O)NC2=O)cc1. The first-order valence-electron chi connectivity index (χ1n) is 19.4. The van der Waals surface area contributed by atoms with Crippen molar-refractivity contribution >= 4 is 40.9 Å². The van der Waals surface area contributed by atoms with Crippen molar-refractivity contribution in [2.45, 2.75) is 76.2 Å². The fourth-order valence-corrected chi connectivity index (χ4v) is 7.35. The van der Waals surface area contributed by atoms with Gasteiger partial charge in [-0.25, -0.2) is 4.79 Å². The predicted molar refractivity (Wildman–Crippen MR) is 225 cm³/mol. The molecule has 0 spiro atoms. The fourth-order valence-electron chi connectivity index (χ4n) is 6.60. The van der Waals surface area contributed by atoms with E-state index in [1.807, 2.05) is 92.9 Å². The summed E-state index contributed by atoms with van der Waals surface area (Å²) in [6.07, 6.45) is 0.119. The Morgan fingerprint density at radius 1 is 0.678 bits per heavy atom. The highest BCUT2D eigenvalue weighted by Crippen LogP contribution is 2.22. The van der Waals surface area contributed by atoms with Crippen LogP contribution in [0.25, 0.3) is 11.1 Å². The molecule has 0 saturated heterocycles. The molecule has 2 bridgehead atoms. The summed E-state index contributed by atoms with van der Waals surface area (Å²) in [7, 11) is 0. The van der Waals surface area contributed by atoms with Gasteiger partial charge >= 0.3 is 5.97 Å². The number of aliphatic carboxylic acids is 1. The molecular formula is C46H48N4O8S. The molecule has 59 heavy (non-hydrogen) atoms. The number of carboxylic acids is 1. The zero-order chi connectivity index (χ0) is 41.9. The van der Waals surface area contributed by atoms with Gasteiger partial charge in [-0.2, -0.15) is 0 Å². The smallest absolute Gasteiger partial charge is 0.326 e. The van der Waals surface area contributed by atoms with Gasteiger partial charge in [-0.05, 0) is 84.3 Å². The van der Waals surface area contributed by atoms with Gasteiger partial charge < -0.3 is 35.8 Å². The Bertz CT molecular complexity index is 2200. The highest BCUT2D eigenvalue weighted by Gasteiger charge is 2.32. The molecule has 0 unspecified atom stereocenters. The van der Waals surface area contributed by atoms with Gasteiger partial charge in [0.2, 0.25) is 17.7 Å². The van der Waals surface area contributed by atoms with E-state index < -0.39 is 66.0 Å². The van der Waals surface area contributed by atoms with Crippen molar-refractivity contribution < 1.29 is 38.6 Å². The number of thiophene rings is 1. The predicted octanol–water partition coefficient (Wildman–Crippen LogP) is 5.28. The second kappa shape index (κ2) is 19.3. The van der Waals surface area contributed by atoms with Crippen molar-refractivity contribution in [3.8, 4) is 22.6 Å². The first kappa shape index (κ1) is 42.1. The molecule has 4 aromatic carbocycles. The van der Waals surface area contributed by atoms with E-state index in [0.717, 1.165) is 21.6 Å². The van der Waals surface area contributed by atoms with E-state index in [0.29, 0.717) is 22.6 Å². The molecule has 2 aliphatic heterocycles. The van der Waals surface area contributed by atoms with Crippen molar-refractivity contribution in [2.24, 2.45) is 0 Å². The van der Waals surface area contributed by atoms with E-state index in [4.69, 9.17) is 9.47 Å². The minimum atomic E-state index is -1.35. The van der Waals surface area contributed by atoms with Gasteiger partial charge in [0.25, 0.3) is 5.91 Å². The van der Waals surface area contributed by atoms with Crippen molar-refractivity contribution in [2.75, 3.05) is 6.61 Å². The van der Waals surface area contributed by atoms with Gasteiger partial charge in [0.15, 0.2) is 6.61 Å². The summed E-state index contributed by atoms with van der Waals surface area (Å²) in [5.41, 5.74) is 3.51. The first-order valence-corrected chi connectivity index (χ1v) is 20.3. The molecule has 12 nitrogen and oxygen atoms in total. The van der Waals surface area contributed by atoms with Gasteiger partial charge in [0.1, 0.15) is 41.3 Å². The van der Waals surface area contributed by atoms with E-state index in [1.54, 1.807) is 48.5 Å². The molecule has 5 aromatic rings. The lowest BCUT2D eigenvalue weighted by molar-refractivity contribution is -0.142. The maximum atomic E-state index is 14.5. The quantitative estimate of drug-likeness (QED) is 0.125. The van der Waals surface area contributed by atoms with Crippen molar-refractivity contribution in [1.29, 1.82) is 0 Å². The number of carboxylic acid groups (broad SMARTS) is 1. The van der Waals surface area contributed by atoms with Crippen LogP contribution in [0.15, 0.2) is 121 Å². The monoisotopic (exact) mass is 816 g/mol. The highest BCUT2D eigenvalue weighted by atomic mass is 32.1. The molecule has 0 saturated carbocycles. The average molecular weight is 817 g/mol. The molecule has 3 heterocycles. The van der Waals surface area contributed by atoms with Gasteiger partial charge in [0, 0.05) is 30.6 Å². The van der Waals surface area contributed by atoms with E-state index in [1.165, 1.54) is 11.3 Å². The van der Waals surface area contributed by atoms with E-state index >= 15 is 0 Å². The Kier molecular flexibility index (Phi) is 13.8. The third-order valence-electron chi connectivity index (χ3n) is 9.54. The summed E-state index contributed by atoms with van der Waals surface area (Å²) in [6, 6.07) is 29.8. The molecule has 2 aliphatic rings. The van der Waals surface area contributed by atoms with Crippen LogP contribution in [0.5, 0.6) is 11.5 Å². The number of hydrogen-bond donors (Lipinski definition) is 5. The minimum Gasteiger partial charge on any atom is -0.488 e. The third-order valence-corrected chi connectivity index (χ3v) is 10.4. The minimum absolute atomic E-state index is 0.00472. The molecule has 306 valence electrons. The van der Waals surface area contributed by atoms with E-state index in [-0.39, 0.29) is 25.7 Å². The lowest BCUT2D eigenvalue weighted by atomic mass is 9.99. The van der Waals surface area contributed by atoms with Crippen LogP contribution in [-0.4, -0.2) is 71.1 Å². The molecule has 4 amide bonds. The van der Waals surface area contributed by atoms with Crippen LogP contribution in [0.1, 0.15) is 42.3 Å². The molecule has 7 rings (SSSR count). The second-order valence-corrected chi connectivity index (χ2v) is 16.4. The zero-order valence-electron chi connectivity index (χ0n) is 33.1. The molecule has 5 N–H and O–H groups in total. The average Bonchev–Trinajstić information content (AvgIpc) is 3.73. The summed E-state index contributed by atoms with van der Waals surface area (Å²) in [6.45, 7) is 5.38. The topological polar surface area (TPSA) is 172 Å². The number of carbonyl (C=O) groups excluding carboxylic acids is 4. The normalized spacial score (nSPS) is 19.4. The fraction of sp³-hybridized carbons (Fsp3) is 0.283. The van der Waals surface area contributed by atoms with Crippen molar-refractivity contribution in [3.63, 3.8) is 0 Å². The Morgan fingerprint density at radius 3 is 1.80 bits per heavy atom. The molecule has 0 fully saturated rings. The molecule has 1 aromatic heterocycles. The van der Waals surface area contributed by atoms with Crippen LogP contribution in [0.3, 0.4) is 0 Å². The molecule has 13 heteroatoms. The molecule has 4 atom stereocenters. The van der Waals surface area contributed by atoms with Crippen LogP contribution >= 0.6 is 11.3 Å². The van der Waals surface area contributed by atoms with Gasteiger partial charge in [-0.15, -0.1) is 11.3 Å². The number of ether oxygens (including phenoxy) is 2. The lowest BCUT2D eigenvalue weighted by Gasteiger charge is -2.26. The van der Waals surface area contributed by atoms with Crippen molar-refractivity contribution in [1.82, 2.24) is 21.3 Å². The van der Waals surface area contributed by atoms with Gasteiger partial charge in [-0.1, -0.05) is 84.9 Å². The number of benzene rings is 4. The Morgan fingerprint density at radius 2 is 1.24 bits per heavy atom. The maximum absolute atomic E-state index is 14.5. The van der Waals surface area contributed by atoms with Crippen LogP contribution in [0.2, 0.25) is 0 Å². The number of amides is 4. The largest absolute Gasteiger partial charge is 0.488 e. The number of rotatable bonds is 9. The number of nitrogens with one attached hydrogen (secondary N) is 4. The summed E-state index contributed by atoms with van der Waals surface area (Å²) in [5, 5.41) is 23.2. The van der Waals surface area contributed by atoms with Gasteiger partial charge in [0.05, 0.1) is 0 Å². The van der Waals surface area contributed by atoms with E-state index in [9.17, 15) is 29.1 Å². The molecular weight excluding hydrogens is 769 g/mol. The zero-order valence-corrected chi connectivity index (χ0v) is 33.9. The third kappa shape index (κ3) is 12.5. The molecule has 0 aliphatic carbocycles. The Labute approximate surface area is 347 Å². The van der Waals surface area contributed by atoms with E-state index in [2.05, 4.69) is 21.3 Å². The first-order chi connectivity index (χ1) is 28.3. The summed E-state index contributed by atoms with van der Waals surface area (Å²) in [4.78, 5) is 69.4. The van der Waals surface area contributed by atoms with Crippen LogP contribution < -0.4 is 30.7 Å². The number of carbonyl (C=O) groups is 5. The van der Waals surface area contributed by atoms with Gasteiger partial charge in [-0.3, -0.25) is 19.2 Å². The second-order valence-electron chi connectivity index (χ2n) is 15.4. The summed E-state index contributed by atoms with van der Waals surface area (Å²) in [5.74, 6) is -2.87. The van der Waals surface area contributed by atoms with Crippen molar-refractivity contribution in [3.05, 3.63) is 142 Å². The summed E-state index contributed by atoms with van der Waals surface area (Å²) >= 11 is 1.43. The Balaban J connectivity index is 1.34.